The van der Waals surface area contributed by atoms with Crippen LogP contribution in [0.5, 0.6) is 0 Å². The second-order valence-corrected chi connectivity index (χ2v) is 6.11. The summed E-state index contributed by atoms with van der Waals surface area (Å²) < 4.78 is 18.9. The molecule has 9 nitrogen and oxygen atoms in total. The second kappa shape index (κ2) is 9.56. The molecule has 0 saturated carbocycles. The van der Waals surface area contributed by atoms with Gasteiger partial charge in [0.1, 0.15) is 0 Å². The number of hydrogen-bond donors (Lipinski definition) is 1. The lowest BCUT2D eigenvalue weighted by Gasteiger charge is -2.08. The molecule has 0 radical (unpaired) electrons. The molecule has 2 aromatic rings. The van der Waals surface area contributed by atoms with Crippen LogP contribution in [0.25, 0.3) is 11.2 Å². The van der Waals surface area contributed by atoms with Gasteiger partial charge in [-0.05, 0) is 6.42 Å². The van der Waals surface area contributed by atoms with Crippen LogP contribution in [0, 0.1) is 0 Å². The van der Waals surface area contributed by atoms with Crippen molar-refractivity contribution in [3.05, 3.63) is 27.2 Å². The SMILES string of the molecule is CCCC.Cn1cnc2c1c(=O)n(CCCO[PH](=O)O)c(=O)n2C. The van der Waals surface area contributed by atoms with Crippen molar-refractivity contribution in [1.82, 2.24) is 18.7 Å². The van der Waals surface area contributed by atoms with Crippen LogP contribution in [0.15, 0.2) is 15.9 Å². The summed E-state index contributed by atoms with van der Waals surface area (Å²) in [5, 5.41) is 0. The van der Waals surface area contributed by atoms with E-state index in [1.807, 2.05) is 0 Å². The van der Waals surface area contributed by atoms with Crippen LogP contribution in [0.1, 0.15) is 33.1 Å². The number of unbranched alkanes of at least 4 members (excludes halogenated alkanes) is 1. The summed E-state index contributed by atoms with van der Waals surface area (Å²) >= 11 is 0. The molecule has 0 spiro atoms. The number of aromatic nitrogens is 4. The molecular weight excluding hydrogens is 335 g/mol. The topological polar surface area (TPSA) is 108 Å². The monoisotopic (exact) mass is 360 g/mol. The Kier molecular flexibility index (Phi) is 8.10. The molecule has 0 aliphatic rings. The van der Waals surface area contributed by atoms with Gasteiger partial charge in [0.25, 0.3) is 5.56 Å². The Labute approximate surface area is 140 Å². The van der Waals surface area contributed by atoms with E-state index in [1.54, 1.807) is 11.6 Å². The molecule has 24 heavy (non-hydrogen) atoms. The Hall–Kier alpha value is -1.70. The van der Waals surface area contributed by atoms with E-state index in [4.69, 9.17) is 4.89 Å². The predicted molar refractivity (Wildman–Crippen MR) is 92.6 cm³/mol. The largest absolute Gasteiger partial charge is 0.332 e. The fourth-order valence-electron chi connectivity index (χ4n) is 1.98. The first-order valence-electron chi connectivity index (χ1n) is 7.81. The van der Waals surface area contributed by atoms with E-state index in [-0.39, 0.29) is 19.6 Å². The maximum Gasteiger partial charge on any atom is 0.332 e. The molecule has 0 amide bonds. The lowest BCUT2D eigenvalue weighted by molar-refractivity contribution is 0.270. The highest BCUT2D eigenvalue weighted by Gasteiger charge is 2.14. The third kappa shape index (κ3) is 4.90. The molecule has 0 aromatic carbocycles. The molecule has 0 saturated heterocycles. The number of fused-ring (bicyclic) bond motifs is 1. The van der Waals surface area contributed by atoms with Gasteiger partial charge in [0.05, 0.1) is 12.9 Å². The minimum atomic E-state index is -2.98. The zero-order valence-corrected chi connectivity index (χ0v) is 15.5. The minimum Gasteiger partial charge on any atom is -0.328 e. The van der Waals surface area contributed by atoms with Gasteiger partial charge >= 0.3 is 13.9 Å². The highest BCUT2D eigenvalue weighted by molar-refractivity contribution is 7.32. The molecule has 0 aliphatic carbocycles. The zero-order chi connectivity index (χ0) is 18.3. The first-order valence-corrected chi connectivity index (χ1v) is 9.08. The first-order chi connectivity index (χ1) is 11.3. The highest BCUT2D eigenvalue weighted by atomic mass is 31.1. The lowest BCUT2D eigenvalue weighted by atomic mass is 10.4. The summed E-state index contributed by atoms with van der Waals surface area (Å²) in [5.74, 6) is 0. The fourth-order valence-corrected chi connectivity index (χ4v) is 2.29. The van der Waals surface area contributed by atoms with Crippen LogP contribution in [0.3, 0.4) is 0 Å². The Morgan fingerprint density at radius 3 is 2.42 bits per heavy atom. The fraction of sp³-hybridized carbons (Fsp3) is 0.643. The van der Waals surface area contributed by atoms with E-state index in [1.165, 1.54) is 30.8 Å². The standard InChI is InChI=1S/C10H15N4O5P.C4H10/c1-12-6-11-8-7(12)9(15)14(10(16)13(8)2)4-3-5-19-20(17)18;1-3-4-2/h6,20H,3-5H2,1-2H3,(H,17,18);3-4H2,1-2H3. The predicted octanol–water partition coefficient (Wildman–Crippen LogP) is 1.03. The van der Waals surface area contributed by atoms with Gasteiger partial charge in [-0.15, -0.1) is 0 Å². The molecule has 0 aliphatic heterocycles. The van der Waals surface area contributed by atoms with Crippen LogP contribution >= 0.6 is 8.25 Å². The second-order valence-electron chi connectivity index (χ2n) is 5.29. The van der Waals surface area contributed by atoms with Crippen molar-refractivity contribution in [1.29, 1.82) is 0 Å². The Morgan fingerprint density at radius 1 is 1.25 bits per heavy atom. The van der Waals surface area contributed by atoms with Gasteiger partial charge in [0.15, 0.2) is 11.2 Å². The number of nitrogens with zero attached hydrogens (tertiary/aromatic N) is 4. The molecule has 2 rings (SSSR count). The van der Waals surface area contributed by atoms with Crippen molar-refractivity contribution in [2.24, 2.45) is 14.1 Å². The normalized spacial score (nSPS) is 12.0. The van der Waals surface area contributed by atoms with Gasteiger partial charge in [0.2, 0.25) is 0 Å². The molecule has 1 N–H and O–H groups in total. The van der Waals surface area contributed by atoms with E-state index in [0.717, 1.165) is 4.57 Å². The van der Waals surface area contributed by atoms with Crippen LogP contribution < -0.4 is 11.2 Å². The molecular formula is C14H25N4O5P. The van der Waals surface area contributed by atoms with Crippen molar-refractivity contribution >= 4 is 19.4 Å². The quantitative estimate of drug-likeness (QED) is 0.609. The van der Waals surface area contributed by atoms with Crippen molar-refractivity contribution < 1.29 is 14.0 Å². The number of imidazole rings is 1. The zero-order valence-electron chi connectivity index (χ0n) is 14.5. The van der Waals surface area contributed by atoms with E-state index in [0.29, 0.717) is 11.2 Å². The van der Waals surface area contributed by atoms with Gasteiger partial charge in [-0.2, -0.15) is 0 Å². The summed E-state index contributed by atoms with van der Waals surface area (Å²) in [6.45, 7) is 4.48. The first kappa shape index (κ1) is 20.3. The summed E-state index contributed by atoms with van der Waals surface area (Å²) in [6, 6.07) is 0. The molecule has 10 heteroatoms. The highest BCUT2D eigenvalue weighted by Crippen LogP contribution is 2.14. The Morgan fingerprint density at radius 2 is 1.88 bits per heavy atom. The molecule has 2 heterocycles. The number of aryl methyl sites for hydroxylation is 2. The molecule has 0 bridgehead atoms. The molecule has 1 unspecified atom stereocenters. The maximum atomic E-state index is 12.3. The Balaban J connectivity index is 0.000000648. The lowest BCUT2D eigenvalue weighted by Crippen LogP contribution is -2.39. The molecule has 2 aromatic heterocycles. The molecule has 136 valence electrons. The maximum absolute atomic E-state index is 12.3. The average molecular weight is 360 g/mol. The van der Waals surface area contributed by atoms with E-state index in [2.05, 4.69) is 23.4 Å². The summed E-state index contributed by atoms with van der Waals surface area (Å²) in [6.07, 6.45) is 4.40. The number of rotatable bonds is 6. The smallest absolute Gasteiger partial charge is 0.328 e. The van der Waals surface area contributed by atoms with Crippen molar-refractivity contribution in [3.63, 3.8) is 0 Å². The van der Waals surface area contributed by atoms with Gasteiger partial charge in [-0.25, -0.2) is 9.78 Å². The van der Waals surface area contributed by atoms with Crippen LogP contribution in [-0.4, -0.2) is 30.2 Å². The minimum absolute atomic E-state index is 0.00726. The van der Waals surface area contributed by atoms with Gasteiger partial charge in [0, 0.05) is 20.6 Å². The number of hydrogen-bond acceptors (Lipinski definition) is 5. The Bertz CT molecular complexity index is 806. The third-order valence-electron chi connectivity index (χ3n) is 3.45. The molecule has 1 atom stereocenters. The van der Waals surface area contributed by atoms with Crippen molar-refractivity contribution in [3.8, 4) is 0 Å². The van der Waals surface area contributed by atoms with Gasteiger partial charge in [-0.3, -0.25) is 18.5 Å². The average Bonchev–Trinajstić information content (AvgIpc) is 2.94. The van der Waals surface area contributed by atoms with Crippen LogP contribution in [-0.2, 0) is 29.7 Å². The molecule has 0 fully saturated rings. The van der Waals surface area contributed by atoms with E-state index in [9.17, 15) is 14.2 Å². The van der Waals surface area contributed by atoms with Gasteiger partial charge in [-0.1, -0.05) is 26.7 Å². The summed E-state index contributed by atoms with van der Waals surface area (Å²) in [7, 11) is 0.228. The third-order valence-corrected chi connectivity index (χ3v) is 3.90. The van der Waals surface area contributed by atoms with E-state index < -0.39 is 19.5 Å². The van der Waals surface area contributed by atoms with E-state index >= 15 is 0 Å². The van der Waals surface area contributed by atoms with Crippen molar-refractivity contribution in [2.75, 3.05) is 6.61 Å². The summed E-state index contributed by atoms with van der Waals surface area (Å²) in [4.78, 5) is 36.9. The van der Waals surface area contributed by atoms with Crippen LogP contribution in [0.2, 0.25) is 0 Å². The summed E-state index contributed by atoms with van der Waals surface area (Å²) in [5.41, 5.74) is -0.239. The van der Waals surface area contributed by atoms with Gasteiger partial charge < -0.3 is 14.0 Å². The van der Waals surface area contributed by atoms with Crippen LogP contribution in [0.4, 0.5) is 0 Å². The van der Waals surface area contributed by atoms with Crippen molar-refractivity contribution in [2.45, 2.75) is 39.7 Å².